The van der Waals surface area contributed by atoms with E-state index in [2.05, 4.69) is 5.32 Å². The Hall–Kier alpha value is -1.22. The number of ether oxygens (including phenoxy) is 1. The molecule has 4 aliphatic rings. The van der Waals surface area contributed by atoms with E-state index in [0.29, 0.717) is 17.2 Å². The molecule has 4 aliphatic carbocycles. The molecule has 130 valence electrons. The molecule has 0 radical (unpaired) electrons. The van der Waals surface area contributed by atoms with E-state index >= 15 is 0 Å². The SMILES string of the molecule is CC[C@H](Oc1ccccc1Cl)C(=O)NC12CC3CC(CC(C3)C1)C2. The van der Waals surface area contributed by atoms with Gasteiger partial charge in [-0.2, -0.15) is 0 Å². The highest BCUT2D eigenvalue weighted by molar-refractivity contribution is 6.32. The van der Waals surface area contributed by atoms with Gasteiger partial charge in [-0.1, -0.05) is 30.7 Å². The van der Waals surface area contributed by atoms with Gasteiger partial charge in [0.1, 0.15) is 5.75 Å². The molecule has 4 bridgehead atoms. The number of hydrogen-bond acceptors (Lipinski definition) is 2. The Morgan fingerprint density at radius 2 is 1.79 bits per heavy atom. The summed E-state index contributed by atoms with van der Waals surface area (Å²) in [4.78, 5) is 12.9. The molecule has 1 atom stereocenters. The number of amides is 1. The van der Waals surface area contributed by atoms with Crippen LogP contribution in [0.25, 0.3) is 0 Å². The predicted octanol–water partition coefficient (Wildman–Crippen LogP) is 4.58. The molecule has 5 rings (SSSR count). The molecule has 24 heavy (non-hydrogen) atoms. The van der Waals surface area contributed by atoms with Gasteiger partial charge in [0.05, 0.1) is 5.02 Å². The van der Waals surface area contributed by atoms with E-state index in [4.69, 9.17) is 16.3 Å². The van der Waals surface area contributed by atoms with Crippen molar-refractivity contribution in [3.05, 3.63) is 29.3 Å². The predicted molar refractivity (Wildman–Crippen MR) is 95.2 cm³/mol. The minimum atomic E-state index is -0.474. The fourth-order valence-electron chi connectivity index (χ4n) is 5.62. The van der Waals surface area contributed by atoms with Crippen LogP contribution >= 0.6 is 11.6 Å². The highest BCUT2D eigenvalue weighted by Gasteiger charge is 2.51. The maximum Gasteiger partial charge on any atom is 0.261 e. The van der Waals surface area contributed by atoms with Crippen LogP contribution in [0.3, 0.4) is 0 Å². The molecule has 4 heteroatoms. The number of rotatable bonds is 5. The van der Waals surface area contributed by atoms with Crippen LogP contribution in [-0.4, -0.2) is 17.6 Å². The molecule has 4 saturated carbocycles. The fourth-order valence-corrected chi connectivity index (χ4v) is 5.80. The van der Waals surface area contributed by atoms with Crippen molar-refractivity contribution in [2.24, 2.45) is 17.8 Å². The zero-order valence-electron chi connectivity index (χ0n) is 14.3. The molecule has 0 unspecified atom stereocenters. The Bertz CT molecular complexity index is 595. The van der Waals surface area contributed by atoms with E-state index in [9.17, 15) is 4.79 Å². The number of halogens is 1. The van der Waals surface area contributed by atoms with Crippen molar-refractivity contribution in [3.63, 3.8) is 0 Å². The average molecular weight is 348 g/mol. The van der Waals surface area contributed by atoms with Gasteiger partial charge < -0.3 is 10.1 Å². The zero-order valence-corrected chi connectivity index (χ0v) is 15.0. The fraction of sp³-hybridized carbons (Fsp3) is 0.650. The second kappa shape index (κ2) is 6.25. The van der Waals surface area contributed by atoms with Crippen molar-refractivity contribution in [1.82, 2.24) is 5.32 Å². The van der Waals surface area contributed by atoms with Crippen LogP contribution in [0.4, 0.5) is 0 Å². The average Bonchev–Trinajstić information content (AvgIpc) is 2.52. The minimum absolute atomic E-state index is 0.0272. The zero-order chi connectivity index (χ0) is 16.7. The maximum absolute atomic E-state index is 12.9. The maximum atomic E-state index is 12.9. The van der Waals surface area contributed by atoms with Gasteiger partial charge in [-0.3, -0.25) is 4.79 Å². The Labute approximate surface area is 149 Å². The lowest BCUT2D eigenvalue weighted by molar-refractivity contribution is -0.133. The summed E-state index contributed by atoms with van der Waals surface area (Å²) in [6.45, 7) is 1.99. The Morgan fingerprint density at radius 1 is 1.21 bits per heavy atom. The molecule has 0 spiro atoms. The van der Waals surface area contributed by atoms with Crippen LogP contribution in [-0.2, 0) is 4.79 Å². The third-order valence-corrected chi connectivity index (χ3v) is 6.51. The summed E-state index contributed by atoms with van der Waals surface area (Å²) in [5.74, 6) is 3.08. The number of carbonyl (C=O) groups excluding carboxylic acids is 1. The lowest BCUT2D eigenvalue weighted by Crippen LogP contribution is -2.61. The third kappa shape index (κ3) is 3.03. The van der Waals surface area contributed by atoms with Crippen LogP contribution in [0, 0.1) is 17.8 Å². The monoisotopic (exact) mass is 347 g/mol. The van der Waals surface area contributed by atoms with Gasteiger partial charge in [-0.15, -0.1) is 0 Å². The van der Waals surface area contributed by atoms with Crippen molar-refractivity contribution in [2.75, 3.05) is 0 Å². The summed E-state index contributed by atoms with van der Waals surface area (Å²) in [5, 5.41) is 3.96. The highest BCUT2D eigenvalue weighted by Crippen LogP contribution is 2.55. The van der Waals surface area contributed by atoms with Gasteiger partial charge in [-0.25, -0.2) is 0 Å². The van der Waals surface area contributed by atoms with Crippen molar-refractivity contribution in [3.8, 4) is 5.75 Å². The smallest absolute Gasteiger partial charge is 0.261 e. The van der Waals surface area contributed by atoms with Crippen LogP contribution in [0.1, 0.15) is 51.9 Å². The van der Waals surface area contributed by atoms with E-state index in [0.717, 1.165) is 37.0 Å². The van der Waals surface area contributed by atoms with Gasteiger partial charge in [0.15, 0.2) is 6.10 Å². The number of para-hydroxylation sites is 1. The standard InChI is InChI=1S/C20H26ClNO2/c1-2-17(24-18-6-4-3-5-16(18)21)19(23)22-20-10-13-7-14(11-20)9-15(8-13)12-20/h3-6,13-15,17H,2,7-12H2,1H3,(H,22,23)/t13?,14?,15?,17-,20?/m0/s1. The number of carbonyl (C=O) groups is 1. The van der Waals surface area contributed by atoms with Gasteiger partial charge in [0.25, 0.3) is 5.91 Å². The largest absolute Gasteiger partial charge is 0.479 e. The highest BCUT2D eigenvalue weighted by atomic mass is 35.5. The second-order valence-corrected chi connectivity index (χ2v) is 8.54. The van der Waals surface area contributed by atoms with Crippen LogP contribution in [0.2, 0.25) is 5.02 Å². The second-order valence-electron chi connectivity index (χ2n) is 8.13. The summed E-state index contributed by atoms with van der Waals surface area (Å²) in [5.41, 5.74) is 0.0308. The van der Waals surface area contributed by atoms with E-state index in [1.165, 1.54) is 19.3 Å². The van der Waals surface area contributed by atoms with Crippen molar-refractivity contribution < 1.29 is 9.53 Å². The number of benzene rings is 1. The first-order valence-electron chi connectivity index (χ1n) is 9.30. The van der Waals surface area contributed by atoms with Gasteiger partial charge in [-0.05, 0) is 74.8 Å². The quantitative estimate of drug-likeness (QED) is 0.846. The summed E-state index contributed by atoms with van der Waals surface area (Å²) < 4.78 is 5.93. The summed E-state index contributed by atoms with van der Waals surface area (Å²) in [7, 11) is 0. The molecule has 1 aromatic carbocycles. The Kier molecular flexibility index (Phi) is 4.24. The Morgan fingerprint density at radius 3 is 2.33 bits per heavy atom. The minimum Gasteiger partial charge on any atom is -0.479 e. The van der Waals surface area contributed by atoms with E-state index in [-0.39, 0.29) is 11.4 Å². The molecule has 1 N–H and O–H groups in total. The molecule has 3 nitrogen and oxygen atoms in total. The van der Waals surface area contributed by atoms with E-state index in [1.807, 2.05) is 25.1 Å². The normalized spacial score (nSPS) is 34.8. The summed E-state index contributed by atoms with van der Waals surface area (Å²) in [6, 6.07) is 7.36. The van der Waals surface area contributed by atoms with E-state index in [1.54, 1.807) is 6.07 Å². The molecule has 0 aromatic heterocycles. The van der Waals surface area contributed by atoms with Crippen molar-refractivity contribution in [1.29, 1.82) is 0 Å². The number of nitrogens with one attached hydrogen (secondary N) is 1. The molecular weight excluding hydrogens is 322 g/mol. The van der Waals surface area contributed by atoms with Crippen LogP contribution in [0.5, 0.6) is 5.75 Å². The van der Waals surface area contributed by atoms with Crippen molar-refractivity contribution in [2.45, 2.75) is 63.5 Å². The molecule has 1 aromatic rings. The number of hydrogen-bond donors (Lipinski definition) is 1. The lowest BCUT2D eigenvalue weighted by Gasteiger charge is -2.57. The van der Waals surface area contributed by atoms with Gasteiger partial charge >= 0.3 is 0 Å². The van der Waals surface area contributed by atoms with Gasteiger partial charge in [0.2, 0.25) is 0 Å². The third-order valence-electron chi connectivity index (χ3n) is 6.20. The first-order valence-corrected chi connectivity index (χ1v) is 9.68. The van der Waals surface area contributed by atoms with Crippen LogP contribution < -0.4 is 10.1 Å². The Balaban J connectivity index is 1.45. The molecule has 0 saturated heterocycles. The topological polar surface area (TPSA) is 38.3 Å². The first-order chi connectivity index (χ1) is 11.6. The summed E-state index contributed by atoms with van der Waals surface area (Å²) >= 11 is 6.17. The molecule has 0 aliphatic heterocycles. The molecular formula is C20H26ClNO2. The van der Waals surface area contributed by atoms with E-state index < -0.39 is 6.10 Å². The van der Waals surface area contributed by atoms with Crippen molar-refractivity contribution >= 4 is 17.5 Å². The first kappa shape index (κ1) is 16.3. The summed E-state index contributed by atoms with van der Waals surface area (Å²) in [6.07, 6.45) is 7.78. The molecule has 4 fully saturated rings. The van der Waals surface area contributed by atoms with Crippen LogP contribution in [0.15, 0.2) is 24.3 Å². The molecule has 1 amide bonds. The lowest BCUT2D eigenvalue weighted by atomic mass is 9.53. The molecule has 0 heterocycles. The van der Waals surface area contributed by atoms with Gasteiger partial charge in [0, 0.05) is 5.54 Å².